The maximum Gasteiger partial charge on any atom is 0.259 e. The highest BCUT2D eigenvalue weighted by Crippen LogP contribution is 2.28. The molecule has 0 saturated carbocycles. The molecular weight excluding hydrogens is 342 g/mol. The average Bonchev–Trinajstić information content (AvgIpc) is 2.69. The van der Waals surface area contributed by atoms with Crippen LogP contribution in [0.4, 0.5) is 17.2 Å². The highest BCUT2D eigenvalue weighted by atomic mass is 16.5. The van der Waals surface area contributed by atoms with Gasteiger partial charge in [0.2, 0.25) is 0 Å². The summed E-state index contributed by atoms with van der Waals surface area (Å²) in [6.45, 7) is 0.483. The third-order valence-electron chi connectivity index (χ3n) is 3.91. The Kier molecular flexibility index (Phi) is 6.02. The Bertz CT molecular complexity index is 928. The van der Waals surface area contributed by atoms with Gasteiger partial charge in [-0.25, -0.2) is 4.98 Å². The van der Waals surface area contributed by atoms with Crippen molar-refractivity contribution in [2.75, 3.05) is 24.9 Å². The lowest BCUT2D eigenvalue weighted by Gasteiger charge is -2.13. The normalized spacial score (nSPS) is 10.3. The van der Waals surface area contributed by atoms with Gasteiger partial charge in [0.05, 0.1) is 25.0 Å². The van der Waals surface area contributed by atoms with E-state index in [1.54, 1.807) is 32.5 Å². The zero-order valence-electron chi connectivity index (χ0n) is 15.2. The van der Waals surface area contributed by atoms with Crippen LogP contribution in [0, 0.1) is 0 Å². The summed E-state index contributed by atoms with van der Waals surface area (Å²) >= 11 is 0. The van der Waals surface area contributed by atoms with Crippen LogP contribution in [0.1, 0.15) is 15.9 Å². The first-order valence-corrected chi connectivity index (χ1v) is 8.45. The van der Waals surface area contributed by atoms with Crippen molar-refractivity contribution in [3.8, 4) is 5.75 Å². The molecule has 3 rings (SSSR count). The van der Waals surface area contributed by atoms with Gasteiger partial charge in [-0.05, 0) is 42.0 Å². The van der Waals surface area contributed by atoms with Gasteiger partial charge in [0, 0.05) is 19.0 Å². The largest absolute Gasteiger partial charge is 0.495 e. The Labute approximate surface area is 158 Å². The van der Waals surface area contributed by atoms with Crippen molar-refractivity contribution in [3.05, 3.63) is 78.0 Å². The van der Waals surface area contributed by atoms with Crippen LogP contribution in [0.5, 0.6) is 5.75 Å². The van der Waals surface area contributed by atoms with Gasteiger partial charge in [0.1, 0.15) is 11.6 Å². The van der Waals surface area contributed by atoms with Crippen LogP contribution in [-0.2, 0) is 11.3 Å². The van der Waals surface area contributed by atoms with Gasteiger partial charge in [-0.2, -0.15) is 0 Å². The van der Waals surface area contributed by atoms with Crippen molar-refractivity contribution >= 4 is 23.1 Å². The van der Waals surface area contributed by atoms with Crippen molar-refractivity contribution in [2.45, 2.75) is 6.61 Å². The number of hydrogen-bond donors (Lipinski definition) is 2. The van der Waals surface area contributed by atoms with E-state index in [-0.39, 0.29) is 5.91 Å². The Balaban J connectivity index is 1.83. The van der Waals surface area contributed by atoms with Gasteiger partial charge in [0.15, 0.2) is 0 Å². The van der Waals surface area contributed by atoms with E-state index in [0.717, 1.165) is 11.3 Å². The van der Waals surface area contributed by atoms with E-state index < -0.39 is 0 Å². The lowest BCUT2D eigenvalue weighted by atomic mass is 10.2. The minimum Gasteiger partial charge on any atom is -0.495 e. The highest BCUT2D eigenvalue weighted by molar-refractivity contribution is 6.07. The molecule has 3 aromatic rings. The summed E-state index contributed by atoms with van der Waals surface area (Å²) in [4.78, 5) is 17.1. The molecule has 6 nitrogen and oxygen atoms in total. The van der Waals surface area contributed by atoms with E-state index >= 15 is 0 Å². The fourth-order valence-corrected chi connectivity index (χ4v) is 2.67. The number of benzene rings is 2. The van der Waals surface area contributed by atoms with Crippen LogP contribution in [0.3, 0.4) is 0 Å². The molecule has 2 N–H and O–H groups in total. The van der Waals surface area contributed by atoms with Crippen LogP contribution in [0.2, 0.25) is 0 Å². The van der Waals surface area contributed by atoms with Crippen LogP contribution in [0.25, 0.3) is 0 Å². The third kappa shape index (κ3) is 4.62. The minimum atomic E-state index is -0.255. The second kappa shape index (κ2) is 8.82. The van der Waals surface area contributed by atoms with Crippen molar-refractivity contribution in [1.29, 1.82) is 0 Å². The number of aromatic nitrogens is 1. The van der Waals surface area contributed by atoms with Crippen molar-refractivity contribution in [1.82, 2.24) is 4.98 Å². The van der Waals surface area contributed by atoms with Crippen LogP contribution < -0.4 is 15.4 Å². The average molecular weight is 363 g/mol. The molecule has 0 aliphatic heterocycles. The number of nitrogens with zero attached hydrogens (tertiary/aromatic N) is 1. The lowest BCUT2D eigenvalue weighted by Crippen LogP contribution is -2.15. The number of hydrogen-bond acceptors (Lipinski definition) is 5. The first-order chi connectivity index (χ1) is 13.2. The Hall–Kier alpha value is -3.38. The van der Waals surface area contributed by atoms with Crippen LogP contribution in [0.15, 0.2) is 66.9 Å². The fourth-order valence-electron chi connectivity index (χ4n) is 2.67. The van der Waals surface area contributed by atoms with Crippen molar-refractivity contribution in [3.63, 3.8) is 0 Å². The topological polar surface area (TPSA) is 72.5 Å². The van der Waals surface area contributed by atoms with Gasteiger partial charge >= 0.3 is 0 Å². The van der Waals surface area contributed by atoms with Gasteiger partial charge < -0.3 is 20.1 Å². The summed E-state index contributed by atoms with van der Waals surface area (Å²) in [5.41, 5.74) is 2.84. The quantitative estimate of drug-likeness (QED) is 0.657. The van der Waals surface area contributed by atoms with Crippen molar-refractivity contribution in [2.24, 2.45) is 0 Å². The molecule has 1 heterocycles. The number of anilines is 3. The third-order valence-corrected chi connectivity index (χ3v) is 3.91. The molecule has 0 fully saturated rings. The number of amides is 1. The molecule has 0 spiro atoms. The van der Waals surface area contributed by atoms with E-state index in [4.69, 9.17) is 9.47 Å². The predicted octanol–water partition coefficient (Wildman–Crippen LogP) is 4.23. The zero-order valence-corrected chi connectivity index (χ0v) is 15.2. The van der Waals surface area contributed by atoms with Crippen LogP contribution in [-0.4, -0.2) is 25.1 Å². The molecule has 0 bridgehead atoms. The molecule has 0 saturated heterocycles. The minimum absolute atomic E-state index is 0.255. The molecule has 138 valence electrons. The number of nitrogens with one attached hydrogen (secondary N) is 2. The molecule has 1 amide bonds. The van der Waals surface area contributed by atoms with Crippen molar-refractivity contribution < 1.29 is 14.3 Å². The van der Waals surface area contributed by atoms with E-state index in [1.165, 1.54) is 0 Å². The Morgan fingerprint density at radius 2 is 1.89 bits per heavy atom. The summed E-state index contributed by atoms with van der Waals surface area (Å²) < 4.78 is 10.5. The number of methoxy groups -OCH3 is 2. The first kappa shape index (κ1) is 18.4. The van der Waals surface area contributed by atoms with E-state index in [2.05, 4.69) is 15.6 Å². The molecule has 2 aromatic carbocycles. The number of para-hydroxylation sites is 2. The summed E-state index contributed by atoms with van der Waals surface area (Å²) in [6, 6.07) is 18.4. The smallest absolute Gasteiger partial charge is 0.259 e. The molecule has 0 radical (unpaired) electrons. The Morgan fingerprint density at radius 1 is 1.04 bits per heavy atom. The van der Waals surface area contributed by atoms with Crippen LogP contribution >= 0.6 is 0 Å². The number of pyridine rings is 1. The number of carbonyl (C=O) groups excluding carboxylic acids is 1. The van der Waals surface area contributed by atoms with E-state index in [1.807, 2.05) is 48.5 Å². The summed E-state index contributed by atoms with van der Waals surface area (Å²) in [5.74, 6) is 0.865. The molecule has 0 aliphatic carbocycles. The Morgan fingerprint density at radius 3 is 2.70 bits per heavy atom. The molecule has 6 heteroatoms. The molecule has 0 atom stereocenters. The number of rotatable bonds is 7. The molecule has 1 aromatic heterocycles. The van der Waals surface area contributed by atoms with Gasteiger partial charge in [-0.1, -0.05) is 24.3 Å². The summed E-state index contributed by atoms with van der Waals surface area (Å²) in [5, 5.41) is 6.08. The van der Waals surface area contributed by atoms with Gasteiger partial charge in [-0.15, -0.1) is 0 Å². The number of carbonyl (C=O) groups is 1. The van der Waals surface area contributed by atoms with Gasteiger partial charge in [0.25, 0.3) is 5.91 Å². The SMILES string of the molecule is COCc1cccc(NC(=O)c2cccnc2Nc2ccccc2OC)c1. The first-order valence-electron chi connectivity index (χ1n) is 8.45. The second-order valence-electron chi connectivity index (χ2n) is 5.81. The van der Waals surface area contributed by atoms with E-state index in [9.17, 15) is 4.79 Å². The molecule has 27 heavy (non-hydrogen) atoms. The maximum atomic E-state index is 12.8. The van der Waals surface area contributed by atoms with E-state index in [0.29, 0.717) is 29.4 Å². The predicted molar refractivity (Wildman–Crippen MR) is 106 cm³/mol. The summed E-state index contributed by atoms with van der Waals surface area (Å²) in [6.07, 6.45) is 1.63. The fraction of sp³-hybridized carbons (Fsp3) is 0.143. The summed E-state index contributed by atoms with van der Waals surface area (Å²) in [7, 11) is 3.23. The maximum absolute atomic E-state index is 12.8. The molecule has 0 unspecified atom stereocenters. The number of ether oxygens (including phenoxy) is 2. The molecular formula is C21H21N3O3. The molecule has 0 aliphatic rings. The lowest BCUT2D eigenvalue weighted by molar-refractivity contribution is 0.102. The highest BCUT2D eigenvalue weighted by Gasteiger charge is 2.14. The monoisotopic (exact) mass is 363 g/mol. The van der Waals surface area contributed by atoms with Gasteiger partial charge in [-0.3, -0.25) is 4.79 Å². The standard InChI is InChI=1S/C21H21N3O3/c1-26-14-15-7-5-8-16(13-15)23-21(25)17-9-6-12-22-20(17)24-18-10-3-4-11-19(18)27-2/h3-13H,14H2,1-2H3,(H,22,24)(H,23,25). The zero-order chi connectivity index (χ0) is 19.1. The second-order valence-corrected chi connectivity index (χ2v) is 5.81.